The summed E-state index contributed by atoms with van der Waals surface area (Å²) in [5, 5.41) is 11.8. The molecule has 0 radical (unpaired) electrons. The van der Waals surface area contributed by atoms with Gasteiger partial charge < -0.3 is 19.9 Å². The first-order chi connectivity index (χ1) is 17.6. The maximum absolute atomic E-state index is 11.9. The third-order valence-electron chi connectivity index (χ3n) is 8.34. The van der Waals surface area contributed by atoms with Crippen molar-refractivity contribution >= 4 is 12.1 Å². The molecule has 0 heterocycles. The number of hydrogen-bond acceptors (Lipinski definition) is 4. The van der Waals surface area contributed by atoms with E-state index in [4.69, 9.17) is 9.47 Å². The molecule has 2 aromatic carbocycles. The Kier molecular flexibility index (Phi) is 7.06. The summed E-state index contributed by atoms with van der Waals surface area (Å²) in [6.07, 6.45) is 7.66. The van der Waals surface area contributed by atoms with Gasteiger partial charge in [-0.05, 0) is 105 Å². The van der Waals surface area contributed by atoms with Crippen LogP contribution < -0.4 is 5.32 Å². The minimum Gasteiger partial charge on any atom is -0.480 e. The SMILES string of the molecule is CC(C)(C)OC(=O)NC(COCc1ccc(-c2cccc(C34CC5CC(CC(C5)C3)C4)c2)cc1)C(=O)O. The highest BCUT2D eigenvalue weighted by Gasteiger charge is 2.51. The zero-order valence-electron chi connectivity index (χ0n) is 22.2. The molecule has 4 fully saturated rings. The molecule has 4 saturated carbocycles. The topological polar surface area (TPSA) is 84.9 Å². The molecule has 2 aromatic rings. The molecule has 0 aliphatic heterocycles. The standard InChI is InChI=1S/C31H39NO5/c1-30(2,3)37-29(35)32-27(28(33)34)19-36-18-20-7-9-24(10-8-20)25-5-4-6-26(14-25)31-15-21-11-22(16-31)13-23(12-21)17-31/h4-10,14,21-23,27H,11-13,15-19H2,1-3H3,(H,32,35)(H,33,34). The van der Waals surface area contributed by atoms with Crippen LogP contribution in [0.25, 0.3) is 11.1 Å². The fourth-order valence-corrected chi connectivity index (χ4v) is 7.21. The van der Waals surface area contributed by atoms with E-state index in [9.17, 15) is 14.7 Å². The van der Waals surface area contributed by atoms with Crippen LogP contribution in [0.2, 0.25) is 0 Å². The average molecular weight is 506 g/mol. The van der Waals surface area contributed by atoms with Crippen LogP contribution in [0.1, 0.15) is 70.4 Å². The summed E-state index contributed by atoms with van der Waals surface area (Å²) in [6.45, 7) is 5.28. The molecule has 198 valence electrons. The second-order valence-electron chi connectivity index (χ2n) is 12.5. The van der Waals surface area contributed by atoms with Gasteiger partial charge in [-0.2, -0.15) is 0 Å². The molecule has 6 rings (SSSR count). The van der Waals surface area contributed by atoms with Gasteiger partial charge in [-0.25, -0.2) is 9.59 Å². The van der Waals surface area contributed by atoms with Crippen molar-refractivity contribution in [3.8, 4) is 11.1 Å². The van der Waals surface area contributed by atoms with Gasteiger partial charge in [0.1, 0.15) is 5.60 Å². The highest BCUT2D eigenvalue weighted by molar-refractivity contribution is 5.80. The molecule has 4 aliphatic carbocycles. The van der Waals surface area contributed by atoms with Gasteiger partial charge in [0.25, 0.3) is 0 Å². The molecule has 37 heavy (non-hydrogen) atoms. The van der Waals surface area contributed by atoms with Crippen LogP contribution >= 0.6 is 0 Å². The Balaban J connectivity index is 1.19. The van der Waals surface area contributed by atoms with Crippen molar-refractivity contribution in [3.63, 3.8) is 0 Å². The number of nitrogens with one attached hydrogen (secondary N) is 1. The molecule has 6 nitrogen and oxygen atoms in total. The Bertz CT molecular complexity index is 1100. The lowest BCUT2D eigenvalue weighted by atomic mass is 9.48. The van der Waals surface area contributed by atoms with Gasteiger partial charge in [0, 0.05) is 0 Å². The van der Waals surface area contributed by atoms with E-state index in [1.165, 1.54) is 55.2 Å². The molecule has 1 amide bonds. The molecule has 6 heteroatoms. The van der Waals surface area contributed by atoms with Crippen molar-refractivity contribution in [1.29, 1.82) is 0 Å². The zero-order chi connectivity index (χ0) is 26.2. The molecule has 4 bridgehead atoms. The minimum atomic E-state index is -1.18. The monoisotopic (exact) mass is 505 g/mol. The molecule has 0 spiro atoms. The van der Waals surface area contributed by atoms with E-state index in [1.807, 2.05) is 12.1 Å². The molecule has 1 unspecified atom stereocenters. The Labute approximate surface area is 219 Å². The van der Waals surface area contributed by atoms with E-state index < -0.39 is 23.7 Å². The number of carbonyl (C=O) groups is 2. The van der Waals surface area contributed by atoms with Crippen molar-refractivity contribution < 1.29 is 24.2 Å². The molecule has 1 atom stereocenters. The van der Waals surface area contributed by atoms with Crippen LogP contribution in [0.4, 0.5) is 4.79 Å². The number of carboxylic acids is 1. The van der Waals surface area contributed by atoms with Gasteiger partial charge in [-0.15, -0.1) is 0 Å². The Morgan fingerprint density at radius 1 is 0.973 bits per heavy atom. The average Bonchev–Trinajstić information content (AvgIpc) is 2.82. The minimum absolute atomic E-state index is 0.149. The highest BCUT2D eigenvalue weighted by atomic mass is 16.6. The number of alkyl carbamates (subject to hydrolysis) is 1. The molecular weight excluding hydrogens is 466 g/mol. The lowest BCUT2D eigenvalue weighted by Crippen LogP contribution is -2.48. The zero-order valence-corrected chi connectivity index (χ0v) is 22.2. The number of hydrogen-bond donors (Lipinski definition) is 2. The Morgan fingerprint density at radius 2 is 1.59 bits per heavy atom. The normalized spacial score (nSPS) is 27.1. The summed E-state index contributed by atoms with van der Waals surface area (Å²) in [7, 11) is 0. The van der Waals surface area contributed by atoms with Gasteiger partial charge >= 0.3 is 12.1 Å². The number of amides is 1. The summed E-state index contributed by atoms with van der Waals surface area (Å²) >= 11 is 0. The second-order valence-corrected chi connectivity index (χ2v) is 12.5. The van der Waals surface area contributed by atoms with E-state index in [2.05, 4.69) is 41.7 Å². The fraction of sp³-hybridized carbons (Fsp3) is 0.548. The molecule has 0 aromatic heterocycles. The van der Waals surface area contributed by atoms with Crippen LogP contribution in [0, 0.1) is 17.8 Å². The molecule has 0 saturated heterocycles. The quantitative estimate of drug-likeness (QED) is 0.439. The van der Waals surface area contributed by atoms with Gasteiger partial charge in [-0.3, -0.25) is 0 Å². The van der Waals surface area contributed by atoms with Crippen molar-refractivity contribution in [2.24, 2.45) is 17.8 Å². The first-order valence-electron chi connectivity index (χ1n) is 13.6. The van der Waals surface area contributed by atoms with E-state index in [1.54, 1.807) is 20.8 Å². The lowest BCUT2D eigenvalue weighted by Gasteiger charge is -2.57. The van der Waals surface area contributed by atoms with Crippen LogP contribution in [-0.2, 0) is 26.3 Å². The summed E-state index contributed by atoms with van der Waals surface area (Å²) in [6, 6.07) is 16.2. The summed E-state index contributed by atoms with van der Waals surface area (Å²) in [5.74, 6) is 1.61. The maximum atomic E-state index is 11.9. The fourth-order valence-electron chi connectivity index (χ4n) is 7.21. The number of aliphatic carboxylic acids is 1. The summed E-state index contributed by atoms with van der Waals surface area (Å²) in [4.78, 5) is 23.5. The number of carboxylic acid groups (broad SMARTS) is 1. The number of carbonyl (C=O) groups excluding carboxylic acids is 1. The Morgan fingerprint density at radius 3 is 2.16 bits per heavy atom. The van der Waals surface area contributed by atoms with E-state index >= 15 is 0 Å². The van der Waals surface area contributed by atoms with Crippen molar-refractivity contribution in [2.75, 3.05) is 6.61 Å². The molecular formula is C31H39NO5. The predicted molar refractivity (Wildman–Crippen MR) is 142 cm³/mol. The van der Waals surface area contributed by atoms with Crippen LogP contribution in [0.5, 0.6) is 0 Å². The van der Waals surface area contributed by atoms with E-state index in [0.29, 0.717) is 5.41 Å². The van der Waals surface area contributed by atoms with E-state index in [-0.39, 0.29) is 13.2 Å². The van der Waals surface area contributed by atoms with Crippen molar-refractivity contribution in [3.05, 3.63) is 59.7 Å². The summed E-state index contributed by atoms with van der Waals surface area (Å²) in [5.41, 5.74) is 4.56. The van der Waals surface area contributed by atoms with Crippen molar-refractivity contribution in [2.45, 2.75) is 83.0 Å². The third-order valence-corrected chi connectivity index (χ3v) is 8.34. The van der Waals surface area contributed by atoms with E-state index in [0.717, 1.165) is 23.3 Å². The maximum Gasteiger partial charge on any atom is 0.408 e. The van der Waals surface area contributed by atoms with Gasteiger partial charge in [0.05, 0.1) is 13.2 Å². The van der Waals surface area contributed by atoms with Gasteiger partial charge in [0.15, 0.2) is 6.04 Å². The second kappa shape index (κ2) is 10.1. The summed E-state index contributed by atoms with van der Waals surface area (Å²) < 4.78 is 10.8. The van der Waals surface area contributed by atoms with Gasteiger partial charge in [-0.1, -0.05) is 48.5 Å². The lowest BCUT2D eigenvalue weighted by molar-refractivity contribution is -0.141. The largest absolute Gasteiger partial charge is 0.480 e. The number of ether oxygens (including phenoxy) is 2. The van der Waals surface area contributed by atoms with Crippen LogP contribution in [0.15, 0.2) is 48.5 Å². The highest BCUT2D eigenvalue weighted by Crippen LogP contribution is 2.60. The Hall–Kier alpha value is -2.86. The first kappa shape index (κ1) is 25.8. The van der Waals surface area contributed by atoms with Crippen LogP contribution in [0.3, 0.4) is 0 Å². The number of benzene rings is 2. The van der Waals surface area contributed by atoms with Gasteiger partial charge in [0.2, 0.25) is 0 Å². The molecule has 4 aliphatic rings. The number of rotatable bonds is 8. The third kappa shape index (κ3) is 6.01. The van der Waals surface area contributed by atoms with Crippen molar-refractivity contribution in [1.82, 2.24) is 5.32 Å². The van der Waals surface area contributed by atoms with Crippen LogP contribution in [-0.4, -0.2) is 35.4 Å². The first-order valence-corrected chi connectivity index (χ1v) is 13.6. The predicted octanol–water partition coefficient (Wildman–Crippen LogP) is 6.32. The smallest absolute Gasteiger partial charge is 0.408 e. The molecule has 2 N–H and O–H groups in total.